The molecule has 1 rings (SSSR count). The van der Waals surface area contributed by atoms with Gasteiger partial charge in [0.15, 0.2) is 12.1 Å². The molecule has 0 bridgehead atoms. The van der Waals surface area contributed by atoms with E-state index in [2.05, 4.69) is 20.9 Å². The van der Waals surface area contributed by atoms with E-state index in [1.54, 1.807) is 0 Å². The van der Waals surface area contributed by atoms with Crippen molar-refractivity contribution < 1.29 is 18.0 Å². The lowest BCUT2D eigenvalue weighted by molar-refractivity contribution is 0.111. The highest BCUT2D eigenvalue weighted by atomic mass is 79.9. The molecule has 1 heterocycles. The third-order valence-electron chi connectivity index (χ3n) is 1.33. The summed E-state index contributed by atoms with van der Waals surface area (Å²) in [5.41, 5.74) is -1.06. The highest BCUT2D eigenvalue weighted by molar-refractivity contribution is 9.10. The number of hydrogen-bond donors (Lipinski definition) is 0. The zero-order valence-electron chi connectivity index (χ0n) is 6.10. The van der Waals surface area contributed by atoms with E-state index < -0.39 is 23.5 Å². The van der Waals surface area contributed by atoms with Gasteiger partial charge in [-0.3, -0.25) is 4.79 Å². The van der Waals surface area contributed by atoms with Crippen molar-refractivity contribution in [2.75, 3.05) is 0 Å². The average Bonchev–Trinajstić information content (AvgIpc) is 2.07. The Bertz CT molecular complexity index is 343. The summed E-state index contributed by atoms with van der Waals surface area (Å²) >= 11 is 2.71. The van der Waals surface area contributed by atoms with Crippen LogP contribution in [0.2, 0.25) is 0 Å². The zero-order chi connectivity index (χ0) is 10.0. The van der Waals surface area contributed by atoms with Gasteiger partial charge in [-0.15, -0.1) is 0 Å². The van der Waals surface area contributed by atoms with Gasteiger partial charge in [-0.25, -0.2) is 18.2 Å². The molecule has 0 saturated heterocycles. The Morgan fingerprint density at radius 3 is 2.62 bits per heavy atom. The van der Waals surface area contributed by atoms with Crippen LogP contribution in [-0.4, -0.2) is 11.3 Å². The minimum atomic E-state index is -2.82. The molecule has 0 atom stereocenters. The maximum absolute atomic E-state index is 12.7. The number of rotatable bonds is 2. The SMILES string of the molecule is O=Cc1nc(Br)c(C(F)F)cc1F. The number of carbonyl (C=O) groups excluding carboxylic acids is 1. The van der Waals surface area contributed by atoms with Crippen LogP contribution in [0, 0.1) is 5.82 Å². The van der Waals surface area contributed by atoms with Crippen molar-refractivity contribution in [1.82, 2.24) is 4.98 Å². The Labute approximate surface area is 79.9 Å². The van der Waals surface area contributed by atoms with E-state index in [1.165, 1.54) is 0 Å². The summed E-state index contributed by atoms with van der Waals surface area (Å²) in [4.78, 5) is 13.5. The molecule has 2 nitrogen and oxygen atoms in total. The van der Waals surface area contributed by atoms with Crippen molar-refractivity contribution in [2.45, 2.75) is 6.43 Å². The second-order valence-electron chi connectivity index (χ2n) is 2.15. The summed E-state index contributed by atoms with van der Waals surface area (Å²) < 4.78 is 36.8. The maximum Gasteiger partial charge on any atom is 0.266 e. The first kappa shape index (κ1) is 10.2. The van der Waals surface area contributed by atoms with Crippen LogP contribution in [0.5, 0.6) is 0 Å². The van der Waals surface area contributed by atoms with Crippen LogP contribution < -0.4 is 0 Å². The van der Waals surface area contributed by atoms with E-state index in [-0.39, 0.29) is 10.9 Å². The molecular formula is C7H3BrF3NO. The summed E-state index contributed by atoms with van der Waals surface area (Å²) in [6.07, 6.45) is -2.66. The molecule has 0 fully saturated rings. The lowest BCUT2D eigenvalue weighted by Gasteiger charge is -2.03. The third-order valence-corrected chi connectivity index (χ3v) is 1.97. The standard InChI is InChI=1S/C7H3BrF3NO/c8-6-3(7(10)11)1-4(9)5(2-13)12-6/h1-2,7H. The number of halogens is 4. The predicted octanol–water partition coefficient (Wildman–Crippen LogP) is 2.73. The van der Waals surface area contributed by atoms with Crippen LogP contribution in [-0.2, 0) is 0 Å². The van der Waals surface area contributed by atoms with Gasteiger partial charge >= 0.3 is 0 Å². The molecule has 70 valence electrons. The minimum Gasteiger partial charge on any atom is -0.296 e. The van der Waals surface area contributed by atoms with E-state index in [0.717, 1.165) is 0 Å². The molecule has 0 aliphatic heterocycles. The first-order chi connectivity index (χ1) is 6.06. The Morgan fingerprint density at radius 1 is 1.54 bits per heavy atom. The lowest BCUT2D eigenvalue weighted by Crippen LogP contribution is -1.98. The van der Waals surface area contributed by atoms with E-state index in [0.29, 0.717) is 6.07 Å². The van der Waals surface area contributed by atoms with Crippen LogP contribution in [0.4, 0.5) is 13.2 Å². The largest absolute Gasteiger partial charge is 0.296 e. The summed E-state index contributed by atoms with van der Waals surface area (Å²) in [6, 6.07) is 0.589. The summed E-state index contributed by atoms with van der Waals surface area (Å²) in [7, 11) is 0. The van der Waals surface area contributed by atoms with Crippen molar-refractivity contribution in [1.29, 1.82) is 0 Å². The first-order valence-corrected chi connectivity index (χ1v) is 3.95. The first-order valence-electron chi connectivity index (χ1n) is 3.15. The molecule has 1 aromatic heterocycles. The van der Waals surface area contributed by atoms with Crippen LogP contribution >= 0.6 is 15.9 Å². The summed E-state index contributed by atoms with van der Waals surface area (Å²) in [5.74, 6) is -1.05. The van der Waals surface area contributed by atoms with Gasteiger partial charge < -0.3 is 0 Å². The van der Waals surface area contributed by atoms with E-state index in [9.17, 15) is 18.0 Å². The number of aldehydes is 1. The van der Waals surface area contributed by atoms with Gasteiger partial charge in [0, 0.05) is 0 Å². The van der Waals surface area contributed by atoms with Gasteiger partial charge in [-0.2, -0.15) is 0 Å². The highest BCUT2D eigenvalue weighted by Crippen LogP contribution is 2.26. The van der Waals surface area contributed by atoms with Crippen LogP contribution in [0.3, 0.4) is 0 Å². The Morgan fingerprint density at radius 2 is 2.15 bits per heavy atom. The quantitative estimate of drug-likeness (QED) is 0.600. The molecule has 0 aliphatic carbocycles. The summed E-state index contributed by atoms with van der Waals surface area (Å²) in [6.45, 7) is 0. The molecule has 0 amide bonds. The topological polar surface area (TPSA) is 30.0 Å². The third kappa shape index (κ3) is 2.06. The molecule has 0 unspecified atom stereocenters. The van der Waals surface area contributed by atoms with Crippen molar-refractivity contribution >= 4 is 22.2 Å². The van der Waals surface area contributed by atoms with E-state index in [1.807, 2.05) is 0 Å². The van der Waals surface area contributed by atoms with E-state index >= 15 is 0 Å². The minimum absolute atomic E-state index is 0.162. The van der Waals surface area contributed by atoms with Gasteiger partial charge in [0.1, 0.15) is 10.3 Å². The fourth-order valence-electron chi connectivity index (χ4n) is 0.729. The normalized spacial score (nSPS) is 10.5. The van der Waals surface area contributed by atoms with Gasteiger partial charge in [0.2, 0.25) is 0 Å². The summed E-state index contributed by atoms with van der Waals surface area (Å²) in [5, 5.41) is 0. The van der Waals surface area contributed by atoms with Gasteiger partial charge in [-0.05, 0) is 22.0 Å². The Hall–Kier alpha value is -0.910. The number of hydrogen-bond acceptors (Lipinski definition) is 2. The molecule has 6 heteroatoms. The molecule has 0 radical (unpaired) electrons. The molecule has 0 aromatic carbocycles. The van der Waals surface area contributed by atoms with Crippen molar-refractivity contribution in [3.05, 3.63) is 27.7 Å². The number of aromatic nitrogens is 1. The second-order valence-corrected chi connectivity index (χ2v) is 2.91. The molecule has 0 N–H and O–H groups in total. The molecule has 0 saturated carbocycles. The number of carbonyl (C=O) groups is 1. The molecule has 0 spiro atoms. The molecule has 1 aromatic rings. The van der Waals surface area contributed by atoms with Crippen molar-refractivity contribution in [3.8, 4) is 0 Å². The van der Waals surface area contributed by atoms with Crippen molar-refractivity contribution in [2.24, 2.45) is 0 Å². The molecular weight excluding hydrogens is 251 g/mol. The van der Waals surface area contributed by atoms with Gasteiger partial charge in [0.25, 0.3) is 6.43 Å². The second kappa shape index (κ2) is 3.87. The predicted molar refractivity (Wildman–Crippen MR) is 42.2 cm³/mol. The number of pyridine rings is 1. The Balaban J connectivity index is 3.28. The van der Waals surface area contributed by atoms with Crippen LogP contribution in [0.15, 0.2) is 10.7 Å². The van der Waals surface area contributed by atoms with Crippen molar-refractivity contribution in [3.63, 3.8) is 0 Å². The fraction of sp³-hybridized carbons (Fsp3) is 0.143. The number of nitrogens with zero attached hydrogens (tertiary/aromatic N) is 1. The average molecular weight is 254 g/mol. The Kier molecular flexibility index (Phi) is 3.02. The van der Waals surface area contributed by atoms with Gasteiger partial charge in [0.05, 0.1) is 5.56 Å². The van der Waals surface area contributed by atoms with E-state index in [4.69, 9.17) is 0 Å². The fourth-order valence-corrected chi connectivity index (χ4v) is 1.21. The number of alkyl halides is 2. The highest BCUT2D eigenvalue weighted by Gasteiger charge is 2.16. The molecule has 0 aliphatic rings. The maximum atomic E-state index is 12.7. The monoisotopic (exact) mass is 253 g/mol. The van der Waals surface area contributed by atoms with Crippen LogP contribution in [0.1, 0.15) is 22.5 Å². The smallest absolute Gasteiger partial charge is 0.266 e. The van der Waals surface area contributed by atoms with Crippen LogP contribution in [0.25, 0.3) is 0 Å². The lowest BCUT2D eigenvalue weighted by atomic mass is 10.2. The molecule has 13 heavy (non-hydrogen) atoms. The van der Waals surface area contributed by atoms with Gasteiger partial charge in [-0.1, -0.05) is 0 Å². The zero-order valence-corrected chi connectivity index (χ0v) is 7.69.